The second kappa shape index (κ2) is 10.7. The van der Waals surface area contributed by atoms with Crippen molar-refractivity contribution in [3.63, 3.8) is 0 Å². The van der Waals surface area contributed by atoms with Gasteiger partial charge < -0.3 is 5.32 Å². The first-order valence-electron chi connectivity index (χ1n) is 13.5. The molecule has 0 unspecified atom stereocenters. The van der Waals surface area contributed by atoms with E-state index in [1.54, 1.807) is 24.3 Å². The first kappa shape index (κ1) is 28.1. The summed E-state index contributed by atoms with van der Waals surface area (Å²) < 4.78 is 14.7. The van der Waals surface area contributed by atoms with E-state index in [4.69, 9.17) is 0 Å². The van der Waals surface area contributed by atoms with Gasteiger partial charge in [0.05, 0.1) is 16.6 Å². The van der Waals surface area contributed by atoms with Crippen LogP contribution in [-0.2, 0) is 26.3 Å². The van der Waals surface area contributed by atoms with Gasteiger partial charge in [0.1, 0.15) is 17.6 Å². The van der Waals surface area contributed by atoms with Gasteiger partial charge >= 0.3 is 4.87 Å². The lowest BCUT2D eigenvalue weighted by Crippen LogP contribution is -2.33. The number of halogens is 1. The van der Waals surface area contributed by atoms with Crippen LogP contribution in [0.15, 0.2) is 88.7 Å². The van der Waals surface area contributed by atoms with E-state index in [0.29, 0.717) is 21.3 Å². The molecule has 1 saturated heterocycles. The van der Waals surface area contributed by atoms with Gasteiger partial charge in [0, 0.05) is 16.5 Å². The molecule has 42 heavy (non-hydrogen) atoms. The Kier molecular flexibility index (Phi) is 7.14. The molecule has 0 bridgehead atoms. The number of carbonyl (C=O) groups is 3. The molecule has 214 valence electrons. The van der Waals surface area contributed by atoms with Gasteiger partial charge in [-0.15, -0.1) is 0 Å². The first-order chi connectivity index (χ1) is 20.0. The molecule has 0 radical (unpaired) electrons. The number of hydrogen-bond donors (Lipinski definition) is 1. The second-order valence-corrected chi connectivity index (χ2v) is 13.6. The molecule has 0 aliphatic carbocycles. The average Bonchev–Trinajstić information content (AvgIpc) is 3.40. The lowest BCUT2D eigenvalue weighted by molar-refractivity contribution is -0.122. The number of nitrogens with zero attached hydrogens (tertiary/aromatic N) is 2. The van der Waals surface area contributed by atoms with Gasteiger partial charge in [0.2, 0.25) is 17.7 Å². The van der Waals surface area contributed by atoms with Crippen molar-refractivity contribution < 1.29 is 18.8 Å². The monoisotopic (exact) mass is 601 g/mol. The Labute approximate surface area is 250 Å². The van der Waals surface area contributed by atoms with Gasteiger partial charge in [-0.2, -0.15) is 0 Å². The zero-order chi connectivity index (χ0) is 29.8. The largest absolute Gasteiger partial charge is 0.325 e. The smallest absolute Gasteiger partial charge is 0.308 e. The predicted octanol–water partition coefficient (Wildman–Crippen LogP) is 5.78. The molecular formula is C32H28FN3O4S2. The average molecular weight is 602 g/mol. The second-order valence-electron chi connectivity index (χ2n) is 11.4. The van der Waals surface area contributed by atoms with Crippen LogP contribution in [0.4, 0.5) is 15.8 Å². The van der Waals surface area contributed by atoms with Crippen LogP contribution in [0.25, 0.3) is 0 Å². The Morgan fingerprint density at radius 2 is 1.57 bits per heavy atom. The van der Waals surface area contributed by atoms with Crippen LogP contribution in [0.3, 0.4) is 0 Å². The van der Waals surface area contributed by atoms with E-state index in [2.05, 4.69) is 26.1 Å². The highest BCUT2D eigenvalue weighted by atomic mass is 32.2. The van der Waals surface area contributed by atoms with Gasteiger partial charge in [-0.3, -0.25) is 23.7 Å². The summed E-state index contributed by atoms with van der Waals surface area (Å²) in [4.78, 5) is 55.7. The van der Waals surface area contributed by atoms with Crippen LogP contribution in [0, 0.1) is 11.7 Å². The summed E-state index contributed by atoms with van der Waals surface area (Å²) in [6, 6.07) is 22.2. The molecule has 3 aromatic carbocycles. The van der Waals surface area contributed by atoms with E-state index >= 15 is 0 Å². The molecule has 0 saturated carbocycles. The van der Waals surface area contributed by atoms with Gasteiger partial charge in [-0.05, 0) is 52.9 Å². The highest BCUT2D eigenvalue weighted by Crippen LogP contribution is 2.54. The van der Waals surface area contributed by atoms with Crippen molar-refractivity contribution in [1.29, 1.82) is 0 Å². The number of nitrogens with one attached hydrogen (secondary N) is 1. The number of aromatic nitrogens is 1. The van der Waals surface area contributed by atoms with Crippen molar-refractivity contribution >= 4 is 52.2 Å². The minimum Gasteiger partial charge on any atom is -0.325 e. The predicted molar refractivity (Wildman–Crippen MR) is 163 cm³/mol. The van der Waals surface area contributed by atoms with Gasteiger partial charge in [0.25, 0.3) is 0 Å². The first-order valence-corrected chi connectivity index (χ1v) is 15.2. The van der Waals surface area contributed by atoms with E-state index in [1.165, 1.54) is 45.5 Å². The summed E-state index contributed by atoms with van der Waals surface area (Å²) >= 11 is 2.18. The third-order valence-corrected chi connectivity index (χ3v) is 10.2. The SMILES string of the molecule is CC(C)(C)c1ccc([C@@H]2c3sc(=O)n(CC(=O)Nc4ccc(F)cc4)c3S[C@H]3C(=O)N(c4ccccc4)C(=O)[C@@H]23)cc1. The van der Waals surface area contributed by atoms with Gasteiger partial charge in [-0.25, -0.2) is 9.29 Å². The van der Waals surface area contributed by atoms with E-state index in [-0.39, 0.29) is 28.6 Å². The Morgan fingerprint density at radius 3 is 2.21 bits per heavy atom. The Hall–Kier alpha value is -4.02. The Balaban J connectivity index is 1.41. The lowest BCUT2D eigenvalue weighted by Gasteiger charge is -2.31. The van der Waals surface area contributed by atoms with Crippen molar-refractivity contribution in [3.05, 3.63) is 110 Å². The van der Waals surface area contributed by atoms with Crippen LogP contribution < -0.4 is 15.1 Å². The molecule has 6 rings (SSSR count). The maximum atomic E-state index is 14.0. The minimum absolute atomic E-state index is 0.0794. The summed E-state index contributed by atoms with van der Waals surface area (Å²) in [5.74, 6) is -2.79. The minimum atomic E-state index is -0.766. The zero-order valence-electron chi connectivity index (χ0n) is 23.2. The molecule has 3 heterocycles. The number of benzene rings is 3. The Morgan fingerprint density at radius 1 is 0.905 bits per heavy atom. The lowest BCUT2D eigenvalue weighted by atomic mass is 9.81. The van der Waals surface area contributed by atoms with Crippen LogP contribution in [0.5, 0.6) is 0 Å². The van der Waals surface area contributed by atoms with Gasteiger partial charge in [0.15, 0.2) is 0 Å². The van der Waals surface area contributed by atoms with E-state index in [0.717, 1.165) is 22.5 Å². The van der Waals surface area contributed by atoms with Crippen LogP contribution in [0.2, 0.25) is 0 Å². The molecule has 1 aromatic heterocycles. The number of hydrogen-bond acceptors (Lipinski definition) is 6. The van der Waals surface area contributed by atoms with Crippen molar-refractivity contribution in [2.24, 2.45) is 5.92 Å². The van der Waals surface area contributed by atoms with E-state index in [9.17, 15) is 23.6 Å². The molecule has 3 atom stereocenters. The highest BCUT2D eigenvalue weighted by Gasteiger charge is 2.56. The molecule has 4 aromatic rings. The molecule has 0 spiro atoms. The van der Waals surface area contributed by atoms with Crippen LogP contribution in [0.1, 0.15) is 42.7 Å². The number of para-hydroxylation sites is 1. The summed E-state index contributed by atoms with van der Waals surface area (Å²) in [5, 5.41) is 2.45. The van der Waals surface area contributed by atoms with Crippen LogP contribution >= 0.6 is 23.1 Å². The fourth-order valence-electron chi connectivity index (χ4n) is 5.51. The van der Waals surface area contributed by atoms with E-state index in [1.807, 2.05) is 30.3 Å². The molecule has 3 amide bonds. The topological polar surface area (TPSA) is 88.5 Å². The normalized spacial score (nSPS) is 19.9. The quantitative estimate of drug-likeness (QED) is 0.293. The number of thiazole rings is 1. The molecule has 2 aliphatic heterocycles. The number of imide groups is 1. The third-order valence-electron chi connectivity index (χ3n) is 7.63. The molecule has 1 N–H and O–H groups in total. The summed E-state index contributed by atoms with van der Waals surface area (Å²) in [6.45, 7) is 6.07. The Bertz CT molecular complexity index is 1740. The zero-order valence-corrected chi connectivity index (χ0v) is 24.8. The number of fused-ring (bicyclic) bond motifs is 2. The van der Waals surface area contributed by atoms with Crippen molar-refractivity contribution in [2.45, 2.75) is 48.9 Å². The van der Waals surface area contributed by atoms with Crippen molar-refractivity contribution in [3.8, 4) is 0 Å². The maximum absolute atomic E-state index is 14.0. The highest BCUT2D eigenvalue weighted by molar-refractivity contribution is 8.00. The number of anilines is 2. The third kappa shape index (κ3) is 4.98. The van der Waals surface area contributed by atoms with E-state index < -0.39 is 28.8 Å². The van der Waals surface area contributed by atoms with Crippen molar-refractivity contribution in [1.82, 2.24) is 4.57 Å². The number of carbonyl (C=O) groups excluding carboxylic acids is 3. The number of thioether (sulfide) groups is 1. The molecule has 7 nitrogen and oxygen atoms in total. The molecule has 10 heteroatoms. The molecule has 2 aliphatic rings. The molecular weight excluding hydrogens is 574 g/mol. The maximum Gasteiger partial charge on any atom is 0.308 e. The fourth-order valence-corrected chi connectivity index (χ4v) is 8.29. The summed E-state index contributed by atoms with van der Waals surface area (Å²) in [6.07, 6.45) is 0. The number of rotatable bonds is 5. The summed E-state index contributed by atoms with van der Waals surface area (Å²) in [7, 11) is 0. The molecule has 1 fully saturated rings. The summed E-state index contributed by atoms with van der Waals surface area (Å²) in [5.41, 5.74) is 2.78. The van der Waals surface area contributed by atoms with Gasteiger partial charge in [-0.1, -0.05) is 86.3 Å². The number of amides is 3. The van der Waals surface area contributed by atoms with Crippen molar-refractivity contribution in [2.75, 3.05) is 10.2 Å². The standard InChI is InChI=1S/C32H28FN3O4S2/c1-32(2,3)19-11-9-18(10-12-19)24-25-26(29(39)36(28(25)38)22-7-5-4-6-8-22)41-30-27(24)42-31(40)35(30)17-23(37)34-21-15-13-20(33)14-16-21/h4-16,24-26H,17H2,1-3H3,(H,34,37)/t24-,25-,26+/m0/s1. The van der Waals surface area contributed by atoms with Crippen LogP contribution in [-0.4, -0.2) is 27.5 Å². The fraction of sp³-hybridized carbons (Fsp3) is 0.250.